The zero-order valence-electron chi connectivity index (χ0n) is 12.4. The van der Waals surface area contributed by atoms with Crippen LogP contribution < -0.4 is 10.0 Å². The SMILES string of the molecule is CC(C)NCc1cc(S(=O)(=O)NC2(C)CCOC2)c(Br)o1. The minimum Gasteiger partial charge on any atom is -0.452 e. The van der Waals surface area contributed by atoms with Gasteiger partial charge in [-0.2, -0.15) is 0 Å². The maximum atomic E-state index is 12.5. The van der Waals surface area contributed by atoms with Crippen LogP contribution in [0.2, 0.25) is 0 Å². The molecule has 1 aromatic heterocycles. The molecular formula is C13H21BrN2O4S. The Morgan fingerprint density at radius 2 is 2.19 bits per heavy atom. The Balaban J connectivity index is 2.16. The molecule has 120 valence electrons. The van der Waals surface area contributed by atoms with Gasteiger partial charge in [-0.15, -0.1) is 0 Å². The highest BCUT2D eigenvalue weighted by atomic mass is 79.9. The molecule has 8 heteroatoms. The van der Waals surface area contributed by atoms with E-state index in [0.29, 0.717) is 38.0 Å². The van der Waals surface area contributed by atoms with Crippen LogP contribution in [0.25, 0.3) is 0 Å². The average molecular weight is 381 g/mol. The minimum absolute atomic E-state index is 0.121. The third kappa shape index (κ3) is 4.29. The highest BCUT2D eigenvalue weighted by molar-refractivity contribution is 9.10. The fraction of sp³-hybridized carbons (Fsp3) is 0.692. The van der Waals surface area contributed by atoms with Gasteiger partial charge in [-0.05, 0) is 29.3 Å². The first-order chi connectivity index (χ1) is 9.72. The summed E-state index contributed by atoms with van der Waals surface area (Å²) in [4.78, 5) is 0.121. The molecular weight excluding hydrogens is 360 g/mol. The van der Waals surface area contributed by atoms with E-state index in [1.807, 2.05) is 20.8 Å². The summed E-state index contributed by atoms with van der Waals surface area (Å²) < 4.78 is 38.6. The zero-order valence-corrected chi connectivity index (χ0v) is 14.8. The number of hydrogen-bond donors (Lipinski definition) is 2. The van der Waals surface area contributed by atoms with Crippen molar-refractivity contribution in [2.75, 3.05) is 13.2 Å². The molecule has 6 nitrogen and oxygen atoms in total. The van der Waals surface area contributed by atoms with E-state index in [1.54, 1.807) is 6.07 Å². The van der Waals surface area contributed by atoms with Gasteiger partial charge in [0.15, 0.2) is 4.67 Å². The Kier molecular flexibility index (Phi) is 5.15. The molecule has 0 radical (unpaired) electrons. The molecule has 1 aliphatic heterocycles. The lowest BCUT2D eigenvalue weighted by Gasteiger charge is -2.22. The van der Waals surface area contributed by atoms with E-state index in [-0.39, 0.29) is 9.56 Å². The Morgan fingerprint density at radius 3 is 2.76 bits per heavy atom. The first kappa shape index (κ1) is 17.0. The molecule has 1 aliphatic rings. The van der Waals surface area contributed by atoms with Crippen LogP contribution in [0.4, 0.5) is 0 Å². The Bertz CT molecular complexity index is 591. The normalized spacial score (nSPS) is 23.1. The molecule has 0 bridgehead atoms. The van der Waals surface area contributed by atoms with E-state index in [9.17, 15) is 8.42 Å². The van der Waals surface area contributed by atoms with Gasteiger partial charge in [-0.3, -0.25) is 0 Å². The Labute approximate surface area is 133 Å². The third-order valence-corrected chi connectivity index (χ3v) is 5.78. The van der Waals surface area contributed by atoms with Crippen molar-refractivity contribution >= 4 is 26.0 Å². The van der Waals surface area contributed by atoms with E-state index in [0.717, 1.165) is 0 Å². The second kappa shape index (κ2) is 6.37. The fourth-order valence-electron chi connectivity index (χ4n) is 2.10. The van der Waals surface area contributed by atoms with Crippen molar-refractivity contribution in [3.05, 3.63) is 16.5 Å². The minimum atomic E-state index is -3.65. The van der Waals surface area contributed by atoms with Crippen LogP contribution in [-0.4, -0.2) is 33.2 Å². The number of sulfonamides is 1. The lowest BCUT2D eigenvalue weighted by molar-refractivity contribution is 0.178. The van der Waals surface area contributed by atoms with Crippen molar-refractivity contribution in [3.63, 3.8) is 0 Å². The maximum Gasteiger partial charge on any atom is 0.245 e. The average Bonchev–Trinajstić information content (AvgIpc) is 2.92. The number of nitrogens with one attached hydrogen (secondary N) is 2. The molecule has 1 unspecified atom stereocenters. The van der Waals surface area contributed by atoms with Crippen molar-refractivity contribution in [3.8, 4) is 0 Å². The molecule has 21 heavy (non-hydrogen) atoms. The van der Waals surface area contributed by atoms with Crippen LogP contribution in [0.3, 0.4) is 0 Å². The number of rotatable bonds is 6. The monoisotopic (exact) mass is 380 g/mol. The molecule has 1 aromatic rings. The van der Waals surface area contributed by atoms with E-state index >= 15 is 0 Å². The molecule has 0 spiro atoms. The molecule has 1 saturated heterocycles. The van der Waals surface area contributed by atoms with Gasteiger partial charge < -0.3 is 14.5 Å². The van der Waals surface area contributed by atoms with E-state index in [2.05, 4.69) is 26.0 Å². The van der Waals surface area contributed by atoms with Crippen LogP contribution in [0, 0.1) is 0 Å². The van der Waals surface area contributed by atoms with Crippen LogP contribution in [0.5, 0.6) is 0 Å². The molecule has 1 atom stereocenters. The molecule has 2 heterocycles. The topological polar surface area (TPSA) is 80.6 Å². The lowest BCUT2D eigenvalue weighted by Crippen LogP contribution is -2.46. The highest BCUT2D eigenvalue weighted by Gasteiger charge is 2.36. The van der Waals surface area contributed by atoms with Crippen LogP contribution in [0.1, 0.15) is 33.0 Å². The van der Waals surface area contributed by atoms with Crippen molar-refractivity contribution < 1.29 is 17.6 Å². The Hall–Kier alpha value is -0.410. The predicted octanol–water partition coefficient (Wildman–Crippen LogP) is 2.00. The van der Waals surface area contributed by atoms with Crippen molar-refractivity contribution in [2.24, 2.45) is 0 Å². The van der Waals surface area contributed by atoms with E-state index in [4.69, 9.17) is 9.15 Å². The zero-order chi connectivity index (χ0) is 15.7. The maximum absolute atomic E-state index is 12.5. The smallest absolute Gasteiger partial charge is 0.245 e. The molecule has 0 aromatic carbocycles. The summed E-state index contributed by atoms with van der Waals surface area (Å²) in [6, 6.07) is 1.84. The molecule has 0 aliphatic carbocycles. The van der Waals surface area contributed by atoms with Gasteiger partial charge in [0, 0.05) is 18.7 Å². The number of hydrogen-bond acceptors (Lipinski definition) is 5. The molecule has 0 saturated carbocycles. The predicted molar refractivity (Wildman–Crippen MR) is 82.5 cm³/mol. The summed E-state index contributed by atoms with van der Waals surface area (Å²) >= 11 is 3.18. The standard InChI is InChI=1S/C13H21BrN2O4S/c1-9(2)15-7-10-6-11(12(14)20-10)21(17,18)16-13(3)4-5-19-8-13/h6,9,15-16H,4-5,7-8H2,1-3H3. The number of halogens is 1. The van der Waals surface area contributed by atoms with Gasteiger partial charge >= 0.3 is 0 Å². The van der Waals surface area contributed by atoms with E-state index in [1.165, 1.54) is 0 Å². The number of furan rings is 1. The molecule has 2 rings (SSSR count). The van der Waals surface area contributed by atoms with Gasteiger partial charge in [0.25, 0.3) is 0 Å². The lowest BCUT2D eigenvalue weighted by atomic mass is 10.0. The van der Waals surface area contributed by atoms with Gasteiger partial charge in [-0.1, -0.05) is 13.8 Å². The van der Waals surface area contributed by atoms with Crippen molar-refractivity contribution in [1.29, 1.82) is 0 Å². The van der Waals surface area contributed by atoms with Gasteiger partial charge in [0.2, 0.25) is 10.0 Å². The van der Waals surface area contributed by atoms with Gasteiger partial charge in [0.05, 0.1) is 18.7 Å². The highest BCUT2D eigenvalue weighted by Crippen LogP contribution is 2.28. The van der Waals surface area contributed by atoms with Crippen LogP contribution in [0.15, 0.2) is 20.0 Å². The van der Waals surface area contributed by atoms with Gasteiger partial charge in [0.1, 0.15) is 10.7 Å². The first-order valence-electron chi connectivity index (χ1n) is 6.85. The van der Waals surface area contributed by atoms with Crippen LogP contribution >= 0.6 is 15.9 Å². The fourth-order valence-corrected chi connectivity index (χ4v) is 4.52. The second-order valence-corrected chi connectivity index (χ2v) is 8.23. The van der Waals surface area contributed by atoms with Crippen molar-refractivity contribution in [1.82, 2.24) is 10.0 Å². The summed E-state index contributed by atoms with van der Waals surface area (Å²) in [6.07, 6.45) is 0.656. The number of ether oxygens (including phenoxy) is 1. The second-order valence-electron chi connectivity index (χ2n) is 5.86. The third-order valence-electron chi connectivity index (χ3n) is 3.28. The first-order valence-corrected chi connectivity index (χ1v) is 9.13. The molecule has 0 amide bonds. The van der Waals surface area contributed by atoms with Crippen LogP contribution in [-0.2, 0) is 21.3 Å². The Morgan fingerprint density at radius 1 is 1.48 bits per heavy atom. The summed E-state index contributed by atoms with van der Waals surface area (Å²) in [5.41, 5.74) is -0.564. The largest absolute Gasteiger partial charge is 0.452 e. The summed E-state index contributed by atoms with van der Waals surface area (Å²) in [6.45, 7) is 7.29. The molecule has 2 N–H and O–H groups in total. The van der Waals surface area contributed by atoms with Crippen molar-refractivity contribution in [2.45, 2.75) is 50.2 Å². The quantitative estimate of drug-likeness (QED) is 0.788. The summed E-state index contributed by atoms with van der Waals surface area (Å²) in [7, 11) is -3.65. The summed E-state index contributed by atoms with van der Waals surface area (Å²) in [5, 5.41) is 3.18. The van der Waals surface area contributed by atoms with Gasteiger partial charge in [-0.25, -0.2) is 13.1 Å². The summed E-state index contributed by atoms with van der Waals surface area (Å²) in [5.74, 6) is 0.573. The molecule has 1 fully saturated rings. The van der Waals surface area contributed by atoms with E-state index < -0.39 is 15.6 Å².